The van der Waals surface area contributed by atoms with E-state index < -0.39 is 0 Å². The molecule has 0 amide bonds. The maximum Gasteiger partial charge on any atom is 0.306 e. The normalized spacial score (nSPS) is 24.9. The third-order valence-corrected chi connectivity index (χ3v) is 1.50. The van der Waals surface area contributed by atoms with Crippen LogP contribution in [0, 0.1) is 0 Å². The second-order valence-electron chi connectivity index (χ2n) is 2.13. The van der Waals surface area contributed by atoms with Crippen molar-refractivity contribution in [1.29, 1.82) is 0 Å². The highest BCUT2D eigenvalue weighted by molar-refractivity contribution is 6.17. The van der Waals surface area contributed by atoms with Crippen LogP contribution in [0.4, 0.5) is 0 Å². The van der Waals surface area contributed by atoms with Crippen molar-refractivity contribution in [1.82, 2.24) is 0 Å². The minimum absolute atomic E-state index is 0.0637. The average Bonchev–Trinajstić information content (AvgIpc) is 2.31. The molecule has 0 radical (unpaired) electrons. The molecule has 0 saturated carbocycles. The zero-order valence-electron chi connectivity index (χ0n) is 5.51. The highest BCUT2D eigenvalue weighted by atomic mass is 35.5. The van der Waals surface area contributed by atoms with Gasteiger partial charge in [-0.25, -0.2) is 0 Å². The Hall–Kier alpha value is -0.280. The Morgan fingerprint density at radius 3 is 3.10 bits per heavy atom. The molecule has 1 atom stereocenters. The average molecular weight is 165 g/mol. The van der Waals surface area contributed by atoms with Crippen LogP contribution < -0.4 is 0 Å². The largest absolute Gasteiger partial charge is 0.460 e. The summed E-state index contributed by atoms with van der Waals surface area (Å²) in [6.45, 7) is 0.426. The number of hydrogen-bond acceptors (Lipinski definition) is 3. The fourth-order valence-electron chi connectivity index (χ4n) is 0.876. The quantitative estimate of drug-likeness (QED) is 0.460. The first kappa shape index (κ1) is 7.82. The van der Waals surface area contributed by atoms with Gasteiger partial charge in [0, 0.05) is 6.42 Å². The molecule has 0 aliphatic carbocycles. The van der Waals surface area contributed by atoms with Crippen molar-refractivity contribution >= 4 is 17.6 Å². The number of alkyl halides is 1. The van der Waals surface area contributed by atoms with Crippen molar-refractivity contribution in [3.8, 4) is 0 Å². The van der Waals surface area contributed by atoms with E-state index in [1.807, 2.05) is 0 Å². The van der Waals surface area contributed by atoms with Crippen molar-refractivity contribution in [2.75, 3.05) is 12.7 Å². The first-order valence-corrected chi connectivity index (χ1v) is 3.69. The van der Waals surface area contributed by atoms with E-state index in [1.165, 1.54) is 0 Å². The predicted octanol–water partition coefficient (Wildman–Crippen LogP) is 0.905. The van der Waals surface area contributed by atoms with Crippen molar-refractivity contribution in [2.24, 2.45) is 0 Å². The fourth-order valence-corrected chi connectivity index (χ4v) is 0.965. The van der Waals surface area contributed by atoms with Gasteiger partial charge in [-0.3, -0.25) is 4.79 Å². The van der Waals surface area contributed by atoms with Gasteiger partial charge in [0.2, 0.25) is 0 Å². The molecular weight excluding hydrogens is 156 g/mol. The Morgan fingerprint density at radius 2 is 2.60 bits per heavy atom. The summed E-state index contributed by atoms with van der Waals surface area (Å²) < 4.78 is 9.69. The molecule has 0 aromatic carbocycles. The number of esters is 1. The molecule has 0 spiro atoms. The van der Waals surface area contributed by atoms with Gasteiger partial charge in [0.15, 0.2) is 0 Å². The summed E-state index contributed by atoms with van der Waals surface area (Å²) in [6.07, 6.45) is 1.21. The number of rotatable bonds is 3. The van der Waals surface area contributed by atoms with Crippen LogP contribution in [-0.4, -0.2) is 24.7 Å². The van der Waals surface area contributed by atoms with Crippen LogP contribution in [0.25, 0.3) is 0 Å². The number of cyclic esters (lactones) is 1. The highest BCUT2D eigenvalue weighted by Crippen LogP contribution is 2.13. The van der Waals surface area contributed by atoms with E-state index in [9.17, 15) is 4.79 Å². The standard InChI is InChI=1S/C6H9ClO3/c7-4-9-3-5-1-2-6(8)10-5/h5H,1-4H2/t5-/m0/s1. The summed E-state index contributed by atoms with van der Waals surface area (Å²) in [7, 11) is 0. The molecule has 0 N–H and O–H groups in total. The SMILES string of the molecule is O=C1CC[C@@H](COCCl)O1. The number of halogens is 1. The lowest BCUT2D eigenvalue weighted by Crippen LogP contribution is -2.14. The fraction of sp³-hybridized carbons (Fsp3) is 0.833. The molecule has 4 heteroatoms. The van der Waals surface area contributed by atoms with Gasteiger partial charge in [0.1, 0.15) is 12.2 Å². The maximum atomic E-state index is 10.5. The number of hydrogen-bond donors (Lipinski definition) is 0. The van der Waals surface area contributed by atoms with E-state index in [-0.39, 0.29) is 18.1 Å². The van der Waals surface area contributed by atoms with Gasteiger partial charge in [0.25, 0.3) is 0 Å². The van der Waals surface area contributed by atoms with Crippen molar-refractivity contribution in [2.45, 2.75) is 18.9 Å². The van der Waals surface area contributed by atoms with Crippen LogP contribution in [-0.2, 0) is 14.3 Å². The van der Waals surface area contributed by atoms with Gasteiger partial charge in [0.05, 0.1) is 6.61 Å². The Morgan fingerprint density at radius 1 is 1.80 bits per heavy atom. The number of carbonyl (C=O) groups excluding carboxylic acids is 1. The van der Waals surface area contributed by atoms with Gasteiger partial charge >= 0.3 is 5.97 Å². The third-order valence-electron chi connectivity index (χ3n) is 1.35. The highest BCUT2D eigenvalue weighted by Gasteiger charge is 2.22. The van der Waals surface area contributed by atoms with Gasteiger partial charge in [-0.2, -0.15) is 0 Å². The van der Waals surface area contributed by atoms with Crippen LogP contribution in [0.3, 0.4) is 0 Å². The summed E-state index contributed by atoms with van der Waals surface area (Å²) in [5.74, 6) is -0.136. The molecule has 1 saturated heterocycles. The minimum Gasteiger partial charge on any atom is -0.460 e. The second kappa shape index (κ2) is 3.78. The van der Waals surface area contributed by atoms with Crippen LogP contribution >= 0.6 is 11.6 Å². The monoisotopic (exact) mass is 164 g/mol. The smallest absolute Gasteiger partial charge is 0.306 e. The molecule has 10 heavy (non-hydrogen) atoms. The Kier molecular flexibility index (Phi) is 2.96. The van der Waals surface area contributed by atoms with Crippen LogP contribution in [0.15, 0.2) is 0 Å². The molecule has 1 rings (SSSR count). The molecule has 0 aromatic heterocycles. The zero-order chi connectivity index (χ0) is 7.40. The van der Waals surface area contributed by atoms with Crippen LogP contribution in [0.5, 0.6) is 0 Å². The molecule has 58 valence electrons. The van der Waals surface area contributed by atoms with E-state index in [1.54, 1.807) is 0 Å². The number of ether oxygens (including phenoxy) is 2. The Balaban J connectivity index is 2.12. The third kappa shape index (κ3) is 2.15. The molecule has 3 nitrogen and oxygen atoms in total. The first-order chi connectivity index (χ1) is 4.83. The minimum atomic E-state index is -0.136. The topological polar surface area (TPSA) is 35.5 Å². The predicted molar refractivity (Wildman–Crippen MR) is 35.8 cm³/mol. The molecule has 1 aliphatic rings. The zero-order valence-corrected chi connectivity index (χ0v) is 6.26. The van der Waals surface area contributed by atoms with Crippen molar-refractivity contribution < 1.29 is 14.3 Å². The van der Waals surface area contributed by atoms with Crippen LogP contribution in [0.2, 0.25) is 0 Å². The van der Waals surface area contributed by atoms with Gasteiger partial charge in [-0.15, -0.1) is 0 Å². The van der Waals surface area contributed by atoms with Crippen molar-refractivity contribution in [3.63, 3.8) is 0 Å². The molecule has 0 bridgehead atoms. The molecule has 1 aliphatic heterocycles. The Bertz CT molecular complexity index is 126. The molecule has 0 aromatic rings. The van der Waals surface area contributed by atoms with Crippen molar-refractivity contribution in [3.05, 3.63) is 0 Å². The lowest BCUT2D eigenvalue weighted by molar-refractivity contribution is -0.143. The lowest BCUT2D eigenvalue weighted by Gasteiger charge is -2.06. The summed E-state index contributed by atoms with van der Waals surface area (Å²) in [4.78, 5) is 10.5. The molecule has 1 heterocycles. The summed E-state index contributed by atoms with van der Waals surface area (Å²) in [5.41, 5.74) is 0. The molecule has 0 unspecified atom stereocenters. The number of carbonyl (C=O) groups is 1. The van der Waals surface area contributed by atoms with Gasteiger partial charge < -0.3 is 9.47 Å². The lowest BCUT2D eigenvalue weighted by atomic mass is 10.2. The molecule has 1 fully saturated rings. The van der Waals surface area contributed by atoms with Gasteiger partial charge in [-0.05, 0) is 6.42 Å². The maximum absolute atomic E-state index is 10.5. The summed E-state index contributed by atoms with van der Waals surface area (Å²) in [6, 6.07) is 0.161. The molecular formula is C6H9ClO3. The van der Waals surface area contributed by atoms with E-state index in [2.05, 4.69) is 0 Å². The Labute approximate surface area is 64.3 Å². The van der Waals surface area contributed by atoms with E-state index in [4.69, 9.17) is 21.1 Å². The van der Waals surface area contributed by atoms with Crippen LogP contribution in [0.1, 0.15) is 12.8 Å². The van der Waals surface area contributed by atoms with Gasteiger partial charge in [-0.1, -0.05) is 11.6 Å². The van der Waals surface area contributed by atoms with E-state index in [0.717, 1.165) is 6.42 Å². The first-order valence-electron chi connectivity index (χ1n) is 3.16. The summed E-state index contributed by atoms with van der Waals surface area (Å²) >= 11 is 5.25. The summed E-state index contributed by atoms with van der Waals surface area (Å²) in [5, 5.41) is 0. The van der Waals surface area contributed by atoms with E-state index in [0.29, 0.717) is 13.0 Å². The van der Waals surface area contributed by atoms with E-state index >= 15 is 0 Å². The second-order valence-corrected chi connectivity index (χ2v) is 2.35.